The zero-order chi connectivity index (χ0) is 20.4. The average molecular weight is 402 g/mol. The van der Waals surface area contributed by atoms with Crippen LogP contribution < -0.4 is 4.90 Å². The summed E-state index contributed by atoms with van der Waals surface area (Å²) < 4.78 is 2.03. The van der Waals surface area contributed by atoms with E-state index >= 15 is 0 Å². The number of hydrogen-bond acceptors (Lipinski definition) is 3. The molecule has 146 valence electrons. The van der Waals surface area contributed by atoms with Gasteiger partial charge >= 0.3 is 0 Å². The van der Waals surface area contributed by atoms with Crippen molar-refractivity contribution in [1.29, 1.82) is 0 Å². The lowest BCUT2D eigenvalue weighted by atomic mass is 10.1. The van der Waals surface area contributed by atoms with Crippen LogP contribution in [0.3, 0.4) is 0 Å². The molecular formula is C24H23N3OS. The van der Waals surface area contributed by atoms with Crippen LogP contribution in [0.5, 0.6) is 0 Å². The lowest BCUT2D eigenvalue weighted by Gasteiger charge is -2.20. The molecule has 4 rings (SSSR count). The van der Waals surface area contributed by atoms with Crippen molar-refractivity contribution in [3.63, 3.8) is 0 Å². The molecule has 1 amide bonds. The van der Waals surface area contributed by atoms with Crippen molar-refractivity contribution in [2.45, 2.75) is 24.5 Å². The number of imidazole rings is 1. The van der Waals surface area contributed by atoms with E-state index in [-0.39, 0.29) is 5.91 Å². The third-order valence-electron chi connectivity index (χ3n) is 4.93. The summed E-state index contributed by atoms with van der Waals surface area (Å²) in [6.07, 6.45) is 4.06. The zero-order valence-corrected chi connectivity index (χ0v) is 17.6. The lowest BCUT2D eigenvalue weighted by Crippen LogP contribution is -2.26. The highest BCUT2D eigenvalue weighted by atomic mass is 32.2. The maximum atomic E-state index is 12.9. The van der Waals surface area contributed by atoms with Crippen molar-refractivity contribution in [2.24, 2.45) is 0 Å². The van der Waals surface area contributed by atoms with Gasteiger partial charge in [0.15, 0.2) is 0 Å². The van der Waals surface area contributed by atoms with Crippen LogP contribution in [0.4, 0.5) is 5.69 Å². The second-order valence-corrected chi connectivity index (χ2v) is 8.21. The first kappa shape index (κ1) is 19.3. The van der Waals surface area contributed by atoms with Crippen molar-refractivity contribution >= 4 is 29.0 Å². The van der Waals surface area contributed by atoms with E-state index in [1.165, 1.54) is 0 Å². The Balaban J connectivity index is 1.44. The highest BCUT2D eigenvalue weighted by Crippen LogP contribution is 2.25. The molecule has 0 radical (unpaired) electrons. The third kappa shape index (κ3) is 4.20. The minimum absolute atomic E-state index is 0.00407. The highest BCUT2D eigenvalue weighted by molar-refractivity contribution is 7.98. The van der Waals surface area contributed by atoms with Crippen LogP contribution in [0.2, 0.25) is 0 Å². The van der Waals surface area contributed by atoms with Crippen LogP contribution >= 0.6 is 11.8 Å². The third-order valence-corrected chi connectivity index (χ3v) is 5.98. The van der Waals surface area contributed by atoms with Crippen molar-refractivity contribution in [2.75, 3.05) is 11.9 Å². The largest absolute Gasteiger partial charge is 0.311 e. The molecule has 0 saturated heterocycles. The molecule has 2 aromatic heterocycles. The van der Waals surface area contributed by atoms with E-state index in [1.54, 1.807) is 16.7 Å². The molecule has 0 aliphatic rings. The number of carbonyl (C=O) groups excluding carboxylic acids is 1. The minimum Gasteiger partial charge on any atom is -0.311 e. The predicted molar refractivity (Wildman–Crippen MR) is 120 cm³/mol. The first-order valence-electron chi connectivity index (χ1n) is 9.52. The zero-order valence-electron chi connectivity index (χ0n) is 16.8. The Kier molecular flexibility index (Phi) is 5.41. The quantitative estimate of drug-likeness (QED) is 0.413. The number of amides is 1. The fraction of sp³-hybridized carbons (Fsp3) is 0.167. The summed E-state index contributed by atoms with van der Waals surface area (Å²) >= 11 is 1.72. The number of benzene rings is 2. The summed E-state index contributed by atoms with van der Waals surface area (Å²) in [5, 5.41) is 0. The van der Waals surface area contributed by atoms with Crippen molar-refractivity contribution in [1.82, 2.24) is 9.38 Å². The molecule has 0 atom stereocenters. The number of thioether (sulfide) groups is 1. The predicted octanol–water partition coefficient (Wildman–Crippen LogP) is 5.52. The van der Waals surface area contributed by atoms with E-state index in [0.717, 1.165) is 38.8 Å². The molecule has 0 spiro atoms. The highest BCUT2D eigenvalue weighted by Gasteiger charge is 2.15. The average Bonchev–Trinajstić information content (AvgIpc) is 3.16. The lowest BCUT2D eigenvalue weighted by molar-refractivity contribution is 0.0993. The molecule has 4 nitrogen and oxygen atoms in total. The summed E-state index contributed by atoms with van der Waals surface area (Å²) in [5.41, 5.74) is 5.86. The van der Waals surface area contributed by atoms with E-state index in [4.69, 9.17) is 0 Å². The second-order valence-electron chi connectivity index (χ2n) is 7.17. The van der Waals surface area contributed by atoms with Gasteiger partial charge in [0.05, 0.1) is 5.69 Å². The molecule has 0 saturated carbocycles. The maximum absolute atomic E-state index is 12.9. The Morgan fingerprint density at radius 1 is 1.07 bits per heavy atom. The fourth-order valence-electron chi connectivity index (χ4n) is 3.29. The first-order valence-corrected chi connectivity index (χ1v) is 10.5. The van der Waals surface area contributed by atoms with Crippen molar-refractivity contribution < 1.29 is 4.79 Å². The van der Waals surface area contributed by atoms with Gasteiger partial charge in [-0.15, -0.1) is 11.8 Å². The van der Waals surface area contributed by atoms with Crippen molar-refractivity contribution in [3.8, 4) is 0 Å². The normalized spacial score (nSPS) is 11.0. The molecule has 0 aliphatic carbocycles. The summed E-state index contributed by atoms with van der Waals surface area (Å²) in [6.45, 7) is 4.06. The molecule has 29 heavy (non-hydrogen) atoms. The summed E-state index contributed by atoms with van der Waals surface area (Å²) in [6, 6.07) is 20.0. The topological polar surface area (TPSA) is 37.6 Å². The van der Waals surface area contributed by atoms with Crippen LogP contribution in [-0.2, 0) is 5.75 Å². The number of fused-ring (bicyclic) bond motifs is 1. The van der Waals surface area contributed by atoms with Gasteiger partial charge in [-0.1, -0.05) is 18.2 Å². The number of aryl methyl sites for hydroxylation is 2. The van der Waals surface area contributed by atoms with E-state index < -0.39 is 0 Å². The van der Waals surface area contributed by atoms with E-state index in [2.05, 4.69) is 17.2 Å². The number of anilines is 1. The minimum atomic E-state index is -0.00407. The first-order chi connectivity index (χ1) is 14.0. The van der Waals surface area contributed by atoms with E-state index in [1.807, 2.05) is 86.1 Å². The molecule has 0 bridgehead atoms. The molecule has 5 heteroatoms. The van der Waals surface area contributed by atoms with Crippen LogP contribution in [0.25, 0.3) is 5.65 Å². The monoisotopic (exact) mass is 401 g/mol. The second kappa shape index (κ2) is 8.13. The summed E-state index contributed by atoms with van der Waals surface area (Å²) in [5.74, 6) is 0.785. The van der Waals surface area contributed by atoms with E-state index in [9.17, 15) is 4.79 Å². The fourth-order valence-corrected chi connectivity index (χ4v) is 4.07. The standard InChI is InChI=1S/C24H23N3OS/c1-17-7-8-18(2)22(14-17)26(3)24(28)19-9-11-21(12-10-19)29-16-20-15-27-13-5-4-6-23(27)25-20/h4-15H,16H2,1-3H3. The van der Waals surface area contributed by atoms with Crippen LogP contribution in [0.1, 0.15) is 27.2 Å². The number of rotatable bonds is 5. The van der Waals surface area contributed by atoms with Crippen LogP contribution in [0.15, 0.2) is 78.0 Å². The Labute approximate surface area is 175 Å². The van der Waals surface area contributed by atoms with Gasteiger partial charge in [-0.05, 0) is 67.4 Å². The van der Waals surface area contributed by atoms with Gasteiger partial charge in [0.2, 0.25) is 0 Å². The summed E-state index contributed by atoms with van der Waals surface area (Å²) in [7, 11) is 1.83. The van der Waals surface area contributed by atoms with Crippen LogP contribution in [0, 0.1) is 13.8 Å². The van der Waals surface area contributed by atoms with Gasteiger partial charge in [0.25, 0.3) is 5.91 Å². The number of pyridine rings is 1. The number of nitrogens with zero attached hydrogens (tertiary/aromatic N) is 3. The van der Waals surface area contributed by atoms with Gasteiger partial charge in [-0.2, -0.15) is 0 Å². The number of aromatic nitrogens is 2. The Bertz CT molecular complexity index is 1130. The molecule has 2 aromatic carbocycles. The summed E-state index contributed by atoms with van der Waals surface area (Å²) in [4.78, 5) is 20.4. The number of carbonyl (C=O) groups is 1. The van der Waals surface area contributed by atoms with Crippen LogP contribution in [-0.4, -0.2) is 22.3 Å². The molecule has 0 N–H and O–H groups in total. The van der Waals surface area contributed by atoms with E-state index in [0.29, 0.717) is 5.56 Å². The SMILES string of the molecule is Cc1ccc(C)c(N(C)C(=O)c2ccc(SCc3cn4ccccc4n3)cc2)c1. The molecule has 0 unspecified atom stereocenters. The van der Waals surface area contributed by atoms with Crippen molar-refractivity contribution in [3.05, 3.63) is 95.4 Å². The van der Waals surface area contributed by atoms with Gasteiger partial charge in [0, 0.05) is 41.3 Å². The van der Waals surface area contributed by atoms with Gasteiger partial charge in [-0.25, -0.2) is 4.98 Å². The molecule has 2 heterocycles. The molecule has 0 aliphatic heterocycles. The molecular weight excluding hydrogens is 378 g/mol. The van der Waals surface area contributed by atoms with Gasteiger partial charge in [-0.3, -0.25) is 4.79 Å². The van der Waals surface area contributed by atoms with Gasteiger partial charge in [0.1, 0.15) is 5.65 Å². The van der Waals surface area contributed by atoms with Gasteiger partial charge < -0.3 is 9.30 Å². The Morgan fingerprint density at radius 2 is 1.86 bits per heavy atom. The Hall–Kier alpha value is -3.05. The molecule has 0 fully saturated rings. The Morgan fingerprint density at radius 3 is 2.62 bits per heavy atom. The molecule has 4 aromatic rings. The maximum Gasteiger partial charge on any atom is 0.258 e. The number of hydrogen-bond donors (Lipinski definition) is 0. The smallest absolute Gasteiger partial charge is 0.258 e.